The second-order valence-corrected chi connectivity index (χ2v) is 3.05. The molecule has 0 unspecified atom stereocenters. The molecule has 0 N–H and O–H groups in total. The topological polar surface area (TPSA) is 14.1 Å². The van der Waals surface area contributed by atoms with Crippen LogP contribution in [0.1, 0.15) is 5.56 Å². The summed E-state index contributed by atoms with van der Waals surface area (Å²) in [6.45, 7) is 0.624. The Morgan fingerprint density at radius 1 is 1.36 bits per heavy atom. The molecule has 0 aliphatic heterocycles. The maximum absolute atomic E-state index is 5.86. The fraction of sp³-hybridized carbons (Fsp3) is 0.250. The molecule has 1 rings (SSSR count). The van der Waals surface area contributed by atoms with Crippen molar-refractivity contribution in [3.8, 4) is 0 Å². The first-order valence-electron chi connectivity index (χ1n) is 3.23. The predicted molar refractivity (Wildman–Crippen MR) is 49.4 cm³/mol. The first-order chi connectivity index (χ1) is 5.24. The normalized spacial score (nSPS) is 10.1. The van der Waals surface area contributed by atoms with Gasteiger partial charge in [0.25, 0.3) is 0 Å². The van der Waals surface area contributed by atoms with Gasteiger partial charge in [0.05, 0.1) is 0 Å². The highest BCUT2D eigenvalue weighted by molar-refractivity contribution is 6.33. The van der Waals surface area contributed by atoms with Crippen molar-refractivity contribution in [2.45, 2.75) is 6.54 Å². The minimum absolute atomic E-state index is 0.624. The zero-order chi connectivity index (χ0) is 8.27. The lowest BCUT2D eigenvalue weighted by Gasteiger charge is -2.12. The highest BCUT2D eigenvalue weighted by Crippen LogP contribution is 2.21. The second-order valence-electron chi connectivity index (χ2n) is 2.21. The molecule has 1 nitrogen and oxygen atoms in total. The smallest absolute Gasteiger partial charge is 0.0421 e. The highest BCUT2D eigenvalue weighted by atomic mass is 35.5. The molecule has 0 aliphatic rings. The number of hydrogen-bond acceptors (Lipinski definition) is 0. The molecule has 0 saturated heterocycles. The summed E-state index contributed by atoms with van der Waals surface area (Å²) in [5.74, 6) is 0. The Balaban J connectivity index is 2.93. The summed E-state index contributed by atoms with van der Waals surface area (Å²) in [5, 5.41) is 5.39. The van der Waals surface area contributed by atoms with E-state index in [1.807, 2.05) is 6.07 Å². The van der Waals surface area contributed by atoms with Gasteiger partial charge >= 0.3 is 0 Å². The molecule has 3 heteroatoms. The van der Waals surface area contributed by atoms with Gasteiger partial charge in [0.2, 0.25) is 0 Å². The van der Waals surface area contributed by atoms with Crippen LogP contribution in [-0.4, -0.2) is 7.05 Å². The van der Waals surface area contributed by atoms with Crippen LogP contribution in [0.5, 0.6) is 0 Å². The Kier molecular flexibility index (Phi) is 3.18. The van der Waals surface area contributed by atoms with Crippen LogP contribution >= 0.6 is 23.2 Å². The van der Waals surface area contributed by atoms with Crippen LogP contribution in [0.2, 0.25) is 10.0 Å². The summed E-state index contributed by atoms with van der Waals surface area (Å²) < 4.78 is 0. The Bertz CT molecular complexity index is 248. The van der Waals surface area contributed by atoms with Gasteiger partial charge in [-0.1, -0.05) is 23.2 Å². The maximum Gasteiger partial charge on any atom is 0.0421 e. The van der Waals surface area contributed by atoms with Gasteiger partial charge in [0.1, 0.15) is 0 Å². The summed E-state index contributed by atoms with van der Waals surface area (Å²) in [6.07, 6.45) is 0. The molecule has 0 amide bonds. The van der Waals surface area contributed by atoms with Crippen LogP contribution in [0.15, 0.2) is 18.2 Å². The monoisotopic (exact) mass is 188 g/mol. The molecule has 1 aromatic rings. The molecule has 0 fully saturated rings. The lowest BCUT2D eigenvalue weighted by Crippen LogP contribution is -1.83. The van der Waals surface area contributed by atoms with Gasteiger partial charge in [-0.15, -0.1) is 6.54 Å². The lowest BCUT2D eigenvalue weighted by atomic mass is 10.2. The van der Waals surface area contributed by atoms with Gasteiger partial charge in [-0.05, 0) is 23.8 Å². The van der Waals surface area contributed by atoms with Crippen molar-refractivity contribution in [1.29, 1.82) is 0 Å². The van der Waals surface area contributed by atoms with E-state index < -0.39 is 0 Å². The molecule has 1 aromatic carbocycles. The third-order valence-electron chi connectivity index (χ3n) is 1.34. The highest BCUT2D eigenvalue weighted by Gasteiger charge is 1.95. The zero-order valence-electron chi connectivity index (χ0n) is 6.14. The standard InChI is InChI=1S/C8H8Cl2N/c1-11-5-6-4-7(9)2-3-8(6)10/h2-4H,5H2,1H3/q-1. The average Bonchev–Trinajstić information content (AvgIpc) is 1.98. The quantitative estimate of drug-likeness (QED) is 0.675. The van der Waals surface area contributed by atoms with E-state index in [0.29, 0.717) is 11.6 Å². The van der Waals surface area contributed by atoms with E-state index in [1.54, 1.807) is 19.2 Å². The fourth-order valence-electron chi connectivity index (χ4n) is 0.835. The van der Waals surface area contributed by atoms with Gasteiger partial charge in [0, 0.05) is 10.0 Å². The van der Waals surface area contributed by atoms with E-state index in [2.05, 4.69) is 5.32 Å². The third-order valence-corrected chi connectivity index (χ3v) is 1.94. The lowest BCUT2D eigenvalue weighted by molar-refractivity contribution is 1.19. The predicted octanol–water partition coefficient (Wildman–Crippen LogP) is 3.50. The second kappa shape index (κ2) is 3.96. The summed E-state index contributed by atoms with van der Waals surface area (Å²) in [6, 6.07) is 5.38. The fourth-order valence-corrected chi connectivity index (χ4v) is 1.21. The number of benzene rings is 1. The zero-order valence-corrected chi connectivity index (χ0v) is 7.65. The van der Waals surface area contributed by atoms with Crippen molar-refractivity contribution in [2.75, 3.05) is 7.05 Å². The molecule has 60 valence electrons. The van der Waals surface area contributed by atoms with E-state index in [-0.39, 0.29) is 0 Å². The van der Waals surface area contributed by atoms with Gasteiger partial charge in [-0.25, -0.2) is 0 Å². The molecular formula is C8H8Cl2N-. The molecule has 0 heterocycles. The Labute approximate surface area is 76.3 Å². The third kappa shape index (κ3) is 2.37. The van der Waals surface area contributed by atoms with E-state index in [4.69, 9.17) is 23.2 Å². The molecular weight excluding hydrogens is 181 g/mol. The average molecular weight is 189 g/mol. The van der Waals surface area contributed by atoms with Crippen molar-refractivity contribution >= 4 is 23.2 Å². The van der Waals surface area contributed by atoms with Crippen LogP contribution in [0.4, 0.5) is 0 Å². The Hall–Kier alpha value is -0.240. The van der Waals surface area contributed by atoms with Crippen LogP contribution in [-0.2, 0) is 6.54 Å². The molecule has 11 heavy (non-hydrogen) atoms. The van der Waals surface area contributed by atoms with Gasteiger partial charge in [0.15, 0.2) is 0 Å². The maximum atomic E-state index is 5.86. The van der Waals surface area contributed by atoms with E-state index >= 15 is 0 Å². The van der Waals surface area contributed by atoms with Crippen molar-refractivity contribution in [1.82, 2.24) is 0 Å². The molecule has 0 aromatic heterocycles. The minimum atomic E-state index is 0.624. The molecule has 0 bridgehead atoms. The first kappa shape index (κ1) is 8.85. The van der Waals surface area contributed by atoms with Gasteiger partial charge < -0.3 is 5.32 Å². The van der Waals surface area contributed by atoms with Gasteiger partial charge in [-0.3, -0.25) is 0 Å². The SMILES string of the molecule is C[N-]Cc1cc(Cl)ccc1Cl. The van der Waals surface area contributed by atoms with Crippen molar-refractivity contribution in [3.63, 3.8) is 0 Å². The number of rotatable bonds is 2. The molecule has 0 spiro atoms. The largest absolute Gasteiger partial charge is 0.661 e. The van der Waals surface area contributed by atoms with E-state index in [0.717, 1.165) is 10.6 Å². The number of halogens is 2. The Morgan fingerprint density at radius 3 is 2.73 bits per heavy atom. The van der Waals surface area contributed by atoms with E-state index in [1.165, 1.54) is 0 Å². The minimum Gasteiger partial charge on any atom is -0.661 e. The molecule has 0 atom stereocenters. The van der Waals surface area contributed by atoms with Crippen molar-refractivity contribution in [3.05, 3.63) is 39.1 Å². The van der Waals surface area contributed by atoms with Crippen LogP contribution in [0.3, 0.4) is 0 Å². The molecule has 0 radical (unpaired) electrons. The summed E-state index contributed by atoms with van der Waals surface area (Å²) in [5.41, 5.74) is 0.974. The van der Waals surface area contributed by atoms with Crippen LogP contribution in [0, 0.1) is 0 Å². The van der Waals surface area contributed by atoms with Crippen LogP contribution < -0.4 is 0 Å². The number of hydrogen-bond donors (Lipinski definition) is 0. The van der Waals surface area contributed by atoms with Crippen molar-refractivity contribution in [2.24, 2.45) is 0 Å². The van der Waals surface area contributed by atoms with Crippen molar-refractivity contribution < 1.29 is 0 Å². The van der Waals surface area contributed by atoms with Crippen LogP contribution in [0.25, 0.3) is 5.32 Å². The first-order valence-corrected chi connectivity index (χ1v) is 3.99. The summed E-state index contributed by atoms with van der Waals surface area (Å²) in [7, 11) is 1.75. The van der Waals surface area contributed by atoms with E-state index in [9.17, 15) is 0 Å². The number of nitrogens with zero attached hydrogens (tertiary/aromatic N) is 1. The summed E-state index contributed by atoms with van der Waals surface area (Å²) >= 11 is 11.6. The molecule has 0 saturated carbocycles. The molecule has 0 aliphatic carbocycles. The summed E-state index contributed by atoms with van der Waals surface area (Å²) in [4.78, 5) is 0. The van der Waals surface area contributed by atoms with Gasteiger partial charge in [-0.2, -0.15) is 7.05 Å². The Morgan fingerprint density at radius 2 is 2.09 bits per heavy atom.